The fraction of sp³-hybridized carbons (Fsp3) is 0.625. The number of nitrogens with zero attached hydrogens (tertiary/aromatic N) is 1. The van der Waals surface area contributed by atoms with E-state index in [1.54, 1.807) is 19.1 Å². The monoisotopic (exact) mass is 292 g/mol. The number of aliphatic hydroxyl groups excluding tert-OH is 1. The lowest BCUT2D eigenvalue weighted by molar-refractivity contribution is 0.0526. The van der Waals surface area contributed by atoms with Crippen molar-refractivity contribution in [3.63, 3.8) is 0 Å². The van der Waals surface area contributed by atoms with Crippen LogP contribution >= 0.6 is 0 Å². The topological polar surface area (TPSA) is 71.5 Å². The van der Waals surface area contributed by atoms with Crippen LogP contribution in [0.3, 0.4) is 0 Å². The Morgan fingerprint density at radius 2 is 2.19 bits per heavy atom. The Kier molecular flexibility index (Phi) is 5.17. The maximum absolute atomic E-state index is 11.6. The molecule has 1 heterocycles. The lowest BCUT2D eigenvalue weighted by Crippen LogP contribution is -2.45. The Morgan fingerprint density at radius 3 is 2.71 bits per heavy atom. The number of aliphatic hydroxyl groups is 1. The van der Waals surface area contributed by atoms with E-state index < -0.39 is 0 Å². The molecule has 0 amide bonds. The number of aromatic nitrogens is 1. The second kappa shape index (κ2) is 6.89. The van der Waals surface area contributed by atoms with Crippen LogP contribution in [0, 0.1) is 5.92 Å². The van der Waals surface area contributed by atoms with E-state index >= 15 is 0 Å². The van der Waals surface area contributed by atoms with Gasteiger partial charge in [0.1, 0.15) is 5.82 Å². The van der Waals surface area contributed by atoms with E-state index in [2.05, 4.69) is 17.2 Å². The third-order valence-electron chi connectivity index (χ3n) is 4.20. The van der Waals surface area contributed by atoms with Crippen molar-refractivity contribution in [2.45, 2.75) is 45.1 Å². The van der Waals surface area contributed by atoms with Crippen LogP contribution in [0.5, 0.6) is 0 Å². The molecule has 116 valence electrons. The van der Waals surface area contributed by atoms with Gasteiger partial charge in [-0.2, -0.15) is 0 Å². The zero-order valence-corrected chi connectivity index (χ0v) is 12.8. The summed E-state index contributed by atoms with van der Waals surface area (Å²) in [5.41, 5.74) is 0.156. The Hall–Kier alpha value is -1.62. The third-order valence-corrected chi connectivity index (χ3v) is 4.20. The summed E-state index contributed by atoms with van der Waals surface area (Å²) in [5.74, 6) is 1.04. The first-order chi connectivity index (χ1) is 10.1. The average Bonchev–Trinajstić information content (AvgIpc) is 2.51. The van der Waals surface area contributed by atoms with Gasteiger partial charge >= 0.3 is 5.97 Å². The summed E-state index contributed by atoms with van der Waals surface area (Å²) in [7, 11) is 0. The minimum Gasteiger partial charge on any atom is -0.462 e. The molecule has 1 fully saturated rings. The van der Waals surface area contributed by atoms with Crippen LogP contribution in [0.15, 0.2) is 18.3 Å². The van der Waals surface area contributed by atoms with Crippen molar-refractivity contribution in [1.29, 1.82) is 0 Å². The largest absolute Gasteiger partial charge is 0.462 e. The molecule has 2 rings (SSSR count). The van der Waals surface area contributed by atoms with Gasteiger partial charge in [0.05, 0.1) is 24.3 Å². The highest BCUT2D eigenvalue weighted by Gasteiger charge is 2.33. The zero-order valence-electron chi connectivity index (χ0n) is 12.8. The van der Waals surface area contributed by atoms with Crippen molar-refractivity contribution >= 4 is 11.8 Å². The lowest BCUT2D eigenvalue weighted by Gasteiger charge is -2.39. The number of esters is 1. The van der Waals surface area contributed by atoms with Crippen molar-refractivity contribution in [3.05, 3.63) is 23.9 Å². The highest BCUT2D eigenvalue weighted by atomic mass is 16.5. The van der Waals surface area contributed by atoms with Gasteiger partial charge in [-0.05, 0) is 50.7 Å². The molecule has 1 aliphatic carbocycles. The van der Waals surface area contributed by atoms with Crippen molar-refractivity contribution in [2.75, 3.05) is 18.5 Å². The summed E-state index contributed by atoms with van der Waals surface area (Å²) in [4.78, 5) is 15.8. The molecule has 21 heavy (non-hydrogen) atoms. The smallest absolute Gasteiger partial charge is 0.339 e. The van der Waals surface area contributed by atoms with Crippen LogP contribution in [0.2, 0.25) is 0 Å². The fourth-order valence-electron chi connectivity index (χ4n) is 2.71. The highest BCUT2D eigenvalue weighted by molar-refractivity contribution is 5.89. The molecule has 0 aliphatic heterocycles. The van der Waals surface area contributed by atoms with Gasteiger partial charge in [-0.3, -0.25) is 0 Å². The van der Waals surface area contributed by atoms with Crippen molar-refractivity contribution in [2.24, 2.45) is 5.92 Å². The number of pyridine rings is 1. The van der Waals surface area contributed by atoms with E-state index in [1.807, 2.05) is 0 Å². The number of hydrogen-bond donors (Lipinski definition) is 2. The first kappa shape index (κ1) is 15.8. The van der Waals surface area contributed by atoms with Crippen molar-refractivity contribution in [1.82, 2.24) is 4.98 Å². The number of anilines is 1. The number of nitrogens with one attached hydrogen (secondary N) is 1. The number of carbonyl (C=O) groups excluding carboxylic acids is 1. The van der Waals surface area contributed by atoms with Crippen LogP contribution in [0.25, 0.3) is 0 Å². The summed E-state index contributed by atoms with van der Waals surface area (Å²) in [6.07, 6.45) is 5.59. The van der Waals surface area contributed by atoms with E-state index in [1.165, 1.54) is 6.20 Å². The molecule has 1 aromatic heterocycles. The molecular formula is C16H24N2O3. The van der Waals surface area contributed by atoms with Gasteiger partial charge in [-0.25, -0.2) is 9.78 Å². The predicted molar refractivity (Wildman–Crippen MR) is 81.3 cm³/mol. The van der Waals surface area contributed by atoms with E-state index in [0.717, 1.165) is 25.7 Å². The summed E-state index contributed by atoms with van der Waals surface area (Å²) in [6.45, 7) is 4.47. The molecule has 0 spiro atoms. The van der Waals surface area contributed by atoms with Gasteiger partial charge < -0.3 is 15.2 Å². The molecule has 0 radical (unpaired) electrons. The lowest BCUT2D eigenvalue weighted by atomic mass is 9.77. The molecule has 5 nitrogen and oxygen atoms in total. The Morgan fingerprint density at radius 1 is 1.48 bits per heavy atom. The SMILES string of the molecule is CCOC(=O)c1ccc(NC2(CO)CCC(C)CC2)nc1. The van der Waals surface area contributed by atoms with Crippen LogP contribution in [-0.2, 0) is 4.74 Å². The summed E-state index contributed by atoms with van der Waals surface area (Å²) < 4.78 is 4.93. The zero-order chi connectivity index (χ0) is 15.3. The molecule has 5 heteroatoms. The Balaban J connectivity index is 2.03. The van der Waals surface area contributed by atoms with Gasteiger partial charge in [0.15, 0.2) is 0 Å². The summed E-state index contributed by atoms with van der Waals surface area (Å²) >= 11 is 0. The number of rotatable bonds is 5. The Bertz CT molecular complexity index is 465. The number of ether oxygens (including phenoxy) is 1. The number of hydrogen-bond acceptors (Lipinski definition) is 5. The molecule has 0 unspecified atom stereocenters. The molecule has 0 aromatic carbocycles. The second-order valence-corrected chi connectivity index (χ2v) is 5.90. The van der Waals surface area contributed by atoms with Gasteiger partial charge in [0.2, 0.25) is 0 Å². The van der Waals surface area contributed by atoms with Crippen LogP contribution in [-0.4, -0.2) is 34.8 Å². The summed E-state index contributed by atoms with van der Waals surface area (Å²) in [6, 6.07) is 3.46. The molecule has 1 aromatic rings. The van der Waals surface area contributed by atoms with Crippen molar-refractivity contribution < 1.29 is 14.6 Å². The first-order valence-corrected chi connectivity index (χ1v) is 7.61. The second-order valence-electron chi connectivity index (χ2n) is 5.90. The Labute approximate surface area is 125 Å². The molecule has 1 aliphatic rings. The minimum absolute atomic E-state index is 0.0982. The van der Waals surface area contributed by atoms with Gasteiger partial charge in [0, 0.05) is 6.20 Å². The molecule has 1 saturated carbocycles. The maximum atomic E-state index is 11.6. The molecule has 2 N–H and O–H groups in total. The third kappa shape index (κ3) is 3.94. The van der Waals surface area contributed by atoms with Crippen LogP contribution in [0.4, 0.5) is 5.82 Å². The van der Waals surface area contributed by atoms with E-state index in [4.69, 9.17) is 4.74 Å². The average molecular weight is 292 g/mol. The molecule has 0 saturated heterocycles. The van der Waals surface area contributed by atoms with Gasteiger partial charge in [0.25, 0.3) is 0 Å². The highest BCUT2D eigenvalue weighted by Crippen LogP contribution is 2.33. The molecular weight excluding hydrogens is 268 g/mol. The standard InChI is InChI=1S/C16H24N2O3/c1-3-21-15(20)13-4-5-14(17-10-13)18-16(11-19)8-6-12(2)7-9-16/h4-5,10,12,19H,3,6-9,11H2,1-2H3,(H,17,18). The number of carbonyl (C=O) groups is 1. The maximum Gasteiger partial charge on any atom is 0.339 e. The van der Waals surface area contributed by atoms with E-state index in [-0.39, 0.29) is 18.1 Å². The van der Waals surface area contributed by atoms with Crippen molar-refractivity contribution in [3.8, 4) is 0 Å². The minimum atomic E-state index is -0.361. The van der Waals surface area contributed by atoms with E-state index in [9.17, 15) is 9.90 Å². The molecule has 0 bridgehead atoms. The predicted octanol–water partition coefficient (Wildman–Crippen LogP) is 2.61. The van der Waals surface area contributed by atoms with Crippen LogP contribution < -0.4 is 5.32 Å². The normalized spacial score (nSPS) is 25.4. The van der Waals surface area contributed by atoms with Crippen LogP contribution in [0.1, 0.15) is 49.9 Å². The molecule has 0 atom stereocenters. The van der Waals surface area contributed by atoms with Gasteiger partial charge in [-0.15, -0.1) is 0 Å². The van der Waals surface area contributed by atoms with Gasteiger partial charge in [-0.1, -0.05) is 6.92 Å². The fourth-order valence-corrected chi connectivity index (χ4v) is 2.71. The van der Waals surface area contributed by atoms with E-state index in [0.29, 0.717) is 23.9 Å². The first-order valence-electron chi connectivity index (χ1n) is 7.61. The quantitative estimate of drug-likeness (QED) is 0.816. The summed E-state index contributed by atoms with van der Waals surface area (Å²) in [5, 5.41) is 13.1.